The van der Waals surface area contributed by atoms with Crippen LogP contribution >= 0.6 is 15.9 Å². The van der Waals surface area contributed by atoms with Crippen LogP contribution in [0.15, 0.2) is 12.3 Å². The van der Waals surface area contributed by atoms with Crippen molar-refractivity contribution in [2.75, 3.05) is 17.2 Å². The molecule has 2 heterocycles. The SMILES string of the molecule is CC(C)(C)OC(=O)Nc1nccc2c1C(Br)CN2. The molecule has 2 N–H and O–H groups in total. The van der Waals surface area contributed by atoms with Crippen molar-refractivity contribution >= 4 is 33.5 Å². The summed E-state index contributed by atoms with van der Waals surface area (Å²) in [4.78, 5) is 16.1. The molecule has 1 amide bonds. The van der Waals surface area contributed by atoms with Gasteiger partial charge in [0.05, 0.1) is 4.83 Å². The van der Waals surface area contributed by atoms with E-state index in [1.165, 1.54) is 0 Å². The maximum atomic E-state index is 11.7. The molecule has 0 fully saturated rings. The van der Waals surface area contributed by atoms with Crippen LogP contribution in [0.2, 0.25) is 0 Å². The summed E-state index contributed by atoms with van der Waals surface area (Å²) in [5.74, 6) is 0.536. The van der Waals surface area contributed by atoms with Gasteiger partial charge in [0.1, 0.15) is 11.4 Å². The fraction of sp³-hybridized carbons (Fsp3) is 0.500. The second-order valence-corrected chi connectivity index (χ2v) is 6.20. The highest BCUT2D eigenvalue weighted by atomic mass is 79.9. The summed E-state index contributed by atoms with van der Waals surface area (Å²) in [6.45, 7) is 6.25. The van der Waals surface area contributed by atoms with Crippen molar-refractivity contribution in [1.82, 2.24) is 4.98 Å². The highest BCUT2D eigenvalue weighted by Gasteiger charge is 2.25. The number of anilines is 2. The summed E-state index contributed by atoms with van der Waals surface area (Å²) in [6, 6.07) is 1.89. The van der Waals surface area contributed by atoms with Gasteiger partial charge in [0.25, 0.3) is 0 Å². The fourth-order valence-corrected chi connectivity index (χ4v) is 2.37. The van der Waals surface area contributed by atoms with Gasteiger partial charge in [0.15, 0.2) is 0 Å². The molecule has 5 nitrogen and oxygen atoms in total. The van der Waals surface area contributed by atoms with Crippen molar-refractivity contribution in [3.63, 3.8) is 0 Å². The molecule has 0 aromatic carbocycles. The standard InChI is InChI=1S/C12H16BrN3O2/c1-12(2,3)18-11(17)16-10-9-7(13)6-15-8(9)4-5-14-10/h4-5,7,15H,6H2,1-3H3,(H,14,16,17). The van der Waals surface area contributed by atoms with E-state index in [4.69, 9.17) is 4.74 Å². The van der Waals surface area contributed by atoms with E-state index in [0.717, 1.165) is 17.8 Å². The molecule has 0 radical (unpaired) electrons. The van der Waals surface area contributed by atoms with E-state index in [1.54, 1.807) is 6.20 Å². The minimum absolute atomic E-state index is 0.145. The van der Waals surface area contributed by atoms with Gasteiger partial charge >= 0.3 is 6.09 Å². The molecule has 0 aliphatic carbocycles. The number of amides is 1. The van der Waals surface area contributed by atoms with Crippen molar-refractivity contribution in [3.8, 4) is 0 Å². The van der Waals surface area contributed by atoms with Gasteiger partial charge in [-0.2, -0.15) is 0 Å². The molecule has 1 unspecified atom stereocenters. The van der Waals surface area contributed by atoms with E-state index in [9.17, 15) is 4.79 Å². The molecule has 98 valence electrons. The first-order valence-corrected chi connectivity index (χ1v) is 6.65. The lowest BCUT2D eigenvalue weighted by Crippen LogP contribution is -2.27. The number of pyridine rings is 1. The molecule has 0 bridgehead atoms. The second-order valence-electron chi connectivity index (χ2n) is 5.10. The van der Waals surface area contributed by atoms with E-state index < -0.39 is 11.7 Å². The van der Waals surface area contributed by atoms with Crippen molar-refractivity contribution in [3.05, 3.63) is 17.8 Å². The first-order valence-electron chi connectivity index (χ1n) is 5.73. The van der Waals surface area contributed by atoms with Crippen molar-refractivity contribution in [2.45, 2.75) is 31.2 Å². The van der Waals surface area contributed by atoms with E-state index >= 15 is 0 Å². The highest BCUT2D eigenvalue weighted by molar-refractivity contribution is 9.09. The van der Waals surface area contributed by atoms with Crippen molar-refractivity contribution in [2.24, 2.45) is 0 Å². The molecule has 1 aliphatic rings. The molecule has 1 aromatic rings. The minimum Gasteiger partial charge on any atom is -0.444 e. The van der Waals surface area contributed by atoms with E-state index in [-0.39, 0.29) is 4.83 Å². The van der Waals surface area contributed by atoms with Crippen LogP contribution in [0.4, 0.5) is 16.3 Å². The van der Waals surface area contributed by atoms with Crippen molar-refractivity contribution in [1.29, 1.82) is 0 Å². The number of alkyl halides is 1. The number of rotatable bonds is 1. The third kappa shape index (κ3) is 2.93. The van der Waals surface area contributed by atoms with Gasteiger partial charge in [-0.3, -0.25) is 5.32 Å². The van der Waals surface area contributed by atoms with E-state index in [0.29, 0.717) is 5.82 Å². The number of hydrogen-bond donors (Lipinski definition) is 2. The smallest absolute Gasteiger partial charge is 0.413 e. The van der Waals surface area contributed by atoms with Gasteiger partial charge in [0, 0.05) is 24.0 Å². The Labute approximate surface area is 114 Å². The average Bonchev–Trinajstić information content (AvgIpc) is 2.58. The van der Waals surface area contributed by atoms with Crippen LogP contribution in [-0.4, -0.2) is 23.2 Å². The summed E-state index contributed by atoms with van der Waals surface area (Å²) in [7, 11) is 0. The van der Waals surface area contributed by atoms with Crippen LogP contribution in [0.5, 0.6) is 0 Å². The number of aromatic nitrogens is 1. The van der Waals surface area contributed by atoms with Crippen LogP contribution in [0, 0.1) is 0 Å². The van der Waals surface area contributed by atoms with Crippen LogP contribution in [0.1, 0.15) is 31.2 Å². The Morgan fingerprint density at radius 3 is 3.00 bits per heavy atom. The lowest BCUT2D eigenvalue weighted by Gasteiger charge is -2.20. The van der Waals surface area contributed by atoms with Gasteiger partial charge in [-0.05, 0) is 26.8 Å². The molecule has 0 saturated heterocycles. The van der Waals surface area contributed by atoms with Gasteiger partial charge in [-0.25, -0.2) is 9.78 Å². The normalized spacial score (nSPS) is 17.9. The Morgan fingerprint density at radius 1 is 1.61 bits per heavy atom. The predicted molar refractivity (Wildman–Crippen MR) is 74.3 cm³/mol. The molecular formula is C12H16BrN3O2. The Bertz CT molecular complexity index is 471. The Kier molecular flexibility index (Phi) is 3.47. The summed E-state index contributed by atoms with van der Waals surface area (Å²) >= 11 is 3.54. The Morgan fingerprint density at radius 2 is 2.33 bits per heavy atom. The molecule has 1 aromatic heterocycles. The zero-order valence-electron chi connectivity index (χ0n) is 10.6. The fourth-order valence-electron chi connectivity index (χ4n) is 1.75. The molecule has 0 spiro atoms. The Balaban J connectivity index is 2.16. The number of fused-ring (bicyclic) bond motifs is 1. The molecule has 1 atom stereocenters. The largest absolute Gasteiger partial charge is 0.444 e. The van der Waals surface area contributed by atoms with Crippen LogP contribution in [0.25, 0.3) is 0 Å². The number of nitrogens with one attached hydrogen (secondary N) is 2. The average molecular weight is 314 g/mol. The number of carbonyl (C=O) groups excluding carboxylic acids is 1. The van der Waals surface area contributed by atoms with Gasteiger partial charge in [0.2, 0.25) is 0 Å². The molecule has 18 heavy (non-hydrogen) atoms. The lowest BCUT2D eigenvalue weighted by atomic mass is 10.2. The third-order valence-corrected chi connectivity index (χ3v) is 3.18. The number of ether oxygens (including phenoxy) is 1. The lowest BCUT2D eigenvalue weighted by molar-refractivity contribution is 0.0635. The zero-order valence-corrected chi connectivity index (χ0v) is 12.2. The molecular weight excluding hydrogens is 298 g/mol. The Hall–Kier alpha value is -1.30. The maximum absolute atomic E-state index is 11.7. The summed E-state index contributed by atoms with van der Waals surface area (Å²) in [5.41, 5.74) is 1.43. The second kappa shape index (κ2) is 4.76. The first-order chi connectivity index (χ1) is 8.37. The number of carbonyl (C=O) groups is 1. The van der Waals surface area contributed by atoms with Gasteiger partial charge in [-0.1, -0.05) is 15.9 Å². The number of nitrogens with zero attached hydrogens (tertiary/aromatic N) is 1. The summed E-state index contributed by atoms with van der Waals surface area (Å²) in [5, 5.41) is 5.92. The van der Waals surface area contributed by atoms with Crippen LogP contribution in [0.3, 0.4) is 0 Å². The van der Waals surface area contributed by atoms with Crippen LogP contribution < -0.4 is 10.6 Å². The van der Waals surface area contributed by atoms with Gasteiger partial charge < -0.3 is 10.1 Å². The van der Waals surface area contributed by atoms with E-state index in [2.05, 4.69) is 31.5 Å². The van der Waals surface area contributed by atoms with Crippen molar-refractivity contribution < 1.29 is 9.53 Å². The molecule has 6 heteroatoms. The third-order valence-electron chi connectivity index (χ3n) is 2.39. The molecule has 2 rings (SSSR count). The van der Waals surface area contributed by atoms with Crippen LogP contribution in [-0.2, 0) is 4.74 Å². The molecule has 0 saturated carbocycles. The summed E-state index contributed by atoms with van der Waals surface area (Å²) in [6.07, 6.45) is 1.17. The van der Waals surface area contributed by atoms with E-state index in [1.807, 2.05) is 26.8 Å². The first kappa shape index (κ1) is 13.1. The highest BCUT2D eigenvalue weighted by Crippen LogP contribution is 2.39. The maximum Gasteiger partial charge on any atom is 0.413 e. The predicted octanol–water partition coefficient (Wildman–Crippen LogP) is 3.29. The molecule has 1 aliphatic heterocycles. The minimum atomic E-state index is -0.520. The zero-order chi connectivity index (χ0) is 13.3. The topological polar surface area (TPSA) is 63.2 Å². The monoisotopic (exact) mass is 313 g/mol. The summed E-state index contributed by atoms with van der Waals surface area (Å²) < 4.78 is 5.21. The number of halogens is 1. The van der Waals surface area contributed by atoms with Gasteiger partial charge in [-0.15, -0.1) is 0 Å². The quantitative estimate of drug-likeness (QED) is 0.781. The number of hydrogen-bond acceptors (Lipinski definition) is 4.